The number of benzene rings is 2. The highest BCUT2D eigenvalue weighted by Crippen LogP contribution is 2.18. The molecule has 0 fully saturated rings. The second kappa shape index (κ2) is 3.96. The van der Waals surface area contributed by atoms with Crippen molar-refractivity contribution in [2.24, 2.45) is 0 Å². The van der Waals surface area contributed by atoms with Gasteiger partial charge in [-0.1, -0.05) is 42.5 Å². The van der Waals surface area contributed by atoms with E-state index in [1.807, 2.05) is 42.5 Å². The lowest BCUT2D eigenvalue weighted by Gasteiger charge is -2.00. The first-order valence-electron chi connectivity index (χ1n) is 4.69. The zero-order valence-electron chi connectivity index (χ0n) is 8.10. The monoisotopic (exact) mass is 199 g/mol. The van der Waals surface area contributed by atoms with Crippen molar-refractivity contribution >= 4 is 5.97 Å². The summed E-state index contributed by atoms with van der Waals surface area (Å²) in [5.41, 5.74) is 2.59. The lowest BCUT2D eigenvalue weighted by molar-refractivity contribution is 0.0697. The number of hydrogen-bond donors (Lipinski definition) is 0. The van der Waals surface area contributed by atoms with E-state index in [0.717, 1.165) is 11.1 Å². The molecule has 2 aromatic rings. The predicted octanol–water partition coefficient (Wildman–Crippen LogP) is 2.22. The molecule has 0 saturated heterocycles. The van der Waals surface area contributed by atoms with Crippen molar-refractivity contribution in [2.75, 3.05) is 0 Å². The van der Waals surface area contributed by atoms with Crippen LogP contribution in [0.15, 0.2) is 54.6 Å². The first-order valence-corrected chi connectivity index (χ1v) is 4.69. The van der Waals surface area contributed by atoms with Gasteiger partial charge in [0.25, 0.3) is 0 Å². The summed E-state index contributed by atoms with van der Waals surface area (Å²) in [5, 5.41) is 6.95. The van der Waals surface area contributed by atoms with Crippen molar-refractivity contribution in [1.82, 2.24) is 0 Å². The Morgan fingerprint density at radius 2 is 1.33 bits per heavy atom. The van der Waals surface area contributed by atoms with Crippen LogP contribution in [0.1, 0.15) is 10.4 Å². The van der Waals surface area contributed by atoms with Gasteiger partial charge in [0.1, 0.15) is 5.56 Å². The number of hydrogen-bond acceptors (Lipinski definition) is 1. The summed E-state index contributed by atoms with van der Waals surface area (Å²) >= 11 is 0. The molecule has 0 saturated carbocycles. The van der Waals surface area contributed by atoms with Crippen LogP contribution in [0.4, 0.5) is 0 Å². The van der Waals surface area contributed by atoms with Gasteiger partial charge < -0.3 is 5.11 Å². The topological polar surface area (TPSA) is 40.0 Å². The van der Waals surface area contributed by atoms with E-state index in [-0.39, 0.29) is 0 Å². The molecular formula is C13H11O2+. The van der Waals surface area contributed by atoms with E-state index in [2.05, 4.69) is 0 Å². The molecule has 0 unspecified atom stereocenters. The fraction of sp³-hybridized carbons (Fsp3) is 0. The quantitative estimate of drug-likeness (QED) is 0.683. The van der Waals surface area contributed by atoms with Gasteiger partial charge >= 0.3 is 5.97 Å². The van der Waals surface area contributed by atoms with Crippen LogP contribution in [0.25, 0.3) is 11.1 Å². The van der Waals surface area contributed by atoms with E-state index >= 15 is 0 Å². The fourth-order valence-corrected chi connectivity index (χ4v) is 1.44. The minimum absolute atomic E-state index is 0.426. The van der Waals surface area contributed by atoms with Gasteiger partial charge in [0.05, 0.1) is 0 Å². The molecule has 0 aliphatic rings. The van der Waals surface area contributed by atoms with Gasteiger partial charge in [-0.15, -0.1) is 0 Å². The van der Waals surface area contributed by atoms with Crippen LogP contribution in [-0.2, 0) is 0 Å². The molecule has 15 heavy (non-hydrogen) atoms. The van der Waals surface area contributed by atoms with Crippen LogP contribution in [0.2, 0.25) is 0 Å². The van der Waals surface area contributed by atoms with Gasteiger partial charge in [-0.05, 0) is 23.3 Å². The molecule has 0 aliphatic carbocycles. The molecule has 0 amide bonds. The average molecular weight is 199 g/mol. The lowest BCUT2D eigenvalue weighted by Crippen LogP contribution is -1.94. The lowest BCUT2D eigenvalue weighted by atomic mass is 10.0. The molecule has 2 nitrogen and oxygen atoms in total. The summed E-state index contributed by atoms with van der Waals surface area (Å²) < 4.78 is 0. The molecule has 2 aromatic carbocycles. The zero-order valence-corrected chi connectivity index (χ0v) is 8.10. The Labute approximate surface area is 87.8 Å². The van der Waals surface area contributed by atoms with E-state index in [0.29, 0.717) is 5.56 Å². The number of carbonyl (C=O) groups is 1. The second-order valence-corrected chi connectivity index (χ2v) is 3.27. The normalized spacial score (nSPS) is 9.87. The first-order chi connectivity index (χ1) is 7.27. The highest BCUT2D eigenvalue weighted by Gasteiger charge is 2.09. The van der Waals surface area contributed by atoms with E-state index in [4.69, 9.17) is 5.11 Å². The van der Waals surface area contributed by atoms with Gasteiger partial charge in [0.2, 0.25) is 0 Å². The Morgan fingerprint density at radius 3 is 1.87 bits per heavy atom. The van der Waals surface area contributed by atoms with E-state index in [1.165, 1.54) is 0 Å². The van der Waals surface area contributed by atoms with Gasteiger partial charge in [-0.2, -0.15) is 0 Å². The highest BCUT2D eigenvalue weighted by atomic mass is 16.4. The van der Waals surface area contributed by atoms with Gasteiger partial charge in [-0.25, -0.2) is 0 Å². The Balaban J connectivity index is 2.36. The Hall–Kier alpha value is -2.09. The fourth-order valence-electron chi connectivity index (χ4n) is 1.44. The van der Waals surface area contributed by atoms with Crippen LogP contribution in [-0.4, -0.2) is 11.1 Å². The van der Waals surface area contributed by atoms with Crippen LogP contribution in [0, 0.1) is 0 Å². The molecule has 0 atom stereocenters. The molecule has 0 aliphatic heterocycles. The standard InChI is InChI=1S/C13H10O2/c14-13(15)12-8-6-11(7-9-12)10-4-2-1-3-5-10/h1-9H,(H,14,15)/p+1. The smallest absolute Gasteiger partial charge is 0.549 e. The second-order valence-electron chi connectivity index (χ2n) is 3.27. The third kappa shape index (κ3) is 2.05. The van der Waals surface area contributed by atoms with Crippen LogP contribution >= 0.6 is 0 Å². The molecule has 0 heterocycles. The molecule has 0 spiro atoms. The van der Waals surface area contributed by atoms with Crippen molar-refractivity contribution in [3.05, 3.63) is 60.2 Å². The number of rotatable bonds is 2. The summed E-state index contributed by atoms with van der Waals surface area (Å²) in [4.78, 5) is 10.8. The number of carbonyl (C=O) groups excluding carboxylic acids is 1. The summed E-state index contributed by atoms with van der Waals surface area (Å²) in [5.74, 6) is -0.644. The summed E-state index contributed by atoms with van der Waals surface area (Å²) in [6, 6.07) is 17.0. The van der Waals surface area contributed by atoms with Gasteiger partial charge in [0.15, 0.2) is 0 Å². The van der Waals surface area contributed by atoms with Crippen molar-refractivity contribution < 1.29 is 9.90 Å². The van der Waals surface area contributed by atoms with Crippen molar-refractivity contribution in [3.63, 3.8) is 0 Å². The third-order valence-electron chi connectivity index (χ3n) is 2.25. The molecule has 2 rings (SSSR count). The Kier molecular flexibility index (Phi) is 2.50. The van der Waals surface area contributed by atoms with Gasteiger partial charge in [0, 0.05) is 4.79 Å². The van der Waals surface area contributed by atoms with E-state index in [1.54, 1.807) is 12.1 Å². The van der Waals surface area contributed by atoms with Crippen LogP contribution in [0.5, 0.6) is 0 Å². The van der Waals surface area contributed by atoms with E-state index in [9.17, 15) is 4.79 Å². The Bertz CT molecular complexity index is 458. The SMILES string of the molecule is O=C([OH2+])c1ccc(-c2ccccc2)cc1. The maximum Gasteiger partial charge on any atom is 0.549 e. The van der Waals surface area contributed by atoms with E-state index < -0.39 is 5.97 Å². The molecule has 0 bridgehead atoms. The highest BCUT2D eigenvalue weighted by molar-refractivity contribution is 5.88. The summed E-state index contributed by atoms with van der Waals surface area (Å²) in [7, 11) is 0. The minimum atomic E-state index is -0.644. The largest absolute Gasteiger partial charge is 0.561 e. The molecule has 2 heteroatoms. The average Bonchev–Trinajstić information content (AvgIpc) is 2.30. The molecule has 2 N–H and O–H groups in total. The summed E-state index contributed by atoms with van der Waals surface area (Å²) in [6.07, 6.45) is 0. The minimum Gasteiger partial charge on any atom is -0.561 e. The van der Waals surface area contributed by atoms with Crippen molar-refractivity contribution in [2.45, 2.75) is 0 Å². The molecule has 74 valence electrons. The van der Waals surface area contributed by atoms with Crippen LogP contribution < -0.4 is 0 Å². The van der Waals surface area contributed by atoms with Crippen molar-refractivity contribution in [1.29, 1.82) is 0 Å². The molecule has 0 radical (unpaired) electrons. The maximum atomic E-state index is 10.8. The predicted molar refractivity (Wildman–Crippen MR) is 59.8 cm³/mol. The van der Waals surface area contributed by atoms with Crippen molar-refractivity contribution in [3.8, 4) is 11.1 Å². The zero-order chi connectivity index (χ0) is 10.7. The third-order valence-corrected chi connectivity index (χ3v) is 2.25. The summed E-state index contributed by atoms with van der Waals surface area (Å²) in [6.45, 7) is 0. The maximum absolute atomic E-state index is 10.8. The van der Waals surface area contributed by atoms with Crippen LogP contribution in [0.3, 0.4) is 0 Å². The molecule has 0 aromatic heterocycles. The first kappa shape index (κ1) is 9.46. The van der Waals surface area contributed by atoms with Gasteiger partial charge in [-0.3, -0.25) is 0 Å². The molecular weight excluding hydrogens is 188 g/mol. The Morgan fingerprint density at radius 1 is 0.800 bits per heavy atom.